The fourth-order valence-corrected chi connectivity index (χ4v) is 10.4. The first-order chi connectivity index (χ1) is 21.3. The molecule has 9 rings (SSSR count). The van der Waals surface area contributed by atoms with Gasteiger partial charge in [-0.1, -0.05) is 24.6 Å². The molecule has 230 valence electrons. The van der Waals surface area contributed by atoms with Gasteiger partial charge < -0.3 is 29.4 Å². The van der Waals surface area contributed by atoms with Gasteiger partial charge in [0.1, 0.15) is 11.4 Å². The SMILES string of the molecule is CC1C2CC1(Nc1cc(-c3cccc(N4CCn5c(cc6c5CCCC6)C4=O)c3CO)cn(C)c1=O)SC1=C2CCN(C)C1. The van der Waals surface area contributed by atoms with Gasteiger partial charge in [0.05, 0.1) is 17.2 Å². The van der Waals surface area contributed by atoms with Crippen molar-refractivity contribution in [3.8, 4) is 11.1 Å². The van der Waals surface area contributed by atoms with Crippen LogP contribution in [0.1, 0.15) is 59.9 Å². The molecule has 4 aliphatic heterocycles. The molecule has 2 bridgehead atoms. The van der Waals surface area contributed by atoms with E-state index in [0.717, 1.165) is 67.8 Å². The van der Waals surface area contributed by atoms with Crippen molar-refractivity contribution in [1.29, 1.82) is 0 Å². The predicted octanol–water partition coefficient (Wildman–Crippen LogP) is 4.99. The van der Waals surface area contributed by atoms with Crippen molar-refractivity contribution in [1.82, 2.24) is 14.0 Å². The molecule has 1 aromatic carbocycles. The number of nitrogens with zero attached hydrogens (tertiary/aromatic N) is 4. The number of carbonyl (C=O) groups excluding carboxylic acids is 1. The summed E-state index contributed by atoms with van der Waals surface area (Å²) in [5.41, 5.74) is 8.69. The second kappa shape index (κ2) is 10.4. The minimum atomic E-state index is -0.207. The van der Waals surface area contributed by atoms with Crippen molar-refractivity contribution in [2.24, 2.45) is 18.9 Å². The van der Waals surface area contributed by atoms with E-state index in [2.05, 4.69) is 34.8 Å². The molecule has 2 N–H and O–H groups in total. The number of fused-ring (bicyclic) bond motifs is 3. The molecule has 1 amide bonds. The van der Waals surface area contributed by atoms with Crippen molar-refractivity contribution >= 4 is 29.0 Å². The number of nitrogens with one attached hydrogen (secondary N) is 1. The topological polar surface area (TPSA) is 82.7 Å². The van der Waals surface area contributed by atoms with Gasteiger partial charge in [-0.3, -0.25) is 9.59 Å². The number of aliphatic hydroxyl groups is 1. The Kier molecular flexibility index (Phi) is 6.66. The van der Waals surface area contributed by atoms with Gasteiger partial charge in [0.25, 0.3) is 11.5 Å². The van der Waals surface area contributed by atoms with Gasteiger partial charge in [-0.2, -0.15) is 0 Å². The Balaban J connectivity index is 1.13. The van der Waals surface area contributed by atoms with Crippen LogP contribution in [0.25, 0.3) is 11.1 Å². The highest BCUT2D eigenvalue weighted by atomic mass is 32.2. The van der Waals surface area contributed by atoms with Crippen LogP contribution >= 0.6 is 11.8 Å². The number of amides is 1. The van der Waals surface area contributed by atoms with Crippen LogP contribution in [0.4, 0.5) is 11.4 Å². The van der Waals surface area contributed by atoms with E-state index in [1.165, 1.54) is 29.0 Å². The summed E-state index contributed by atoms with van der Waals surface area (Å²) in [5.74, 6) is 1.02. The van der Waals surface area contributed by atoms with E-state index in [1.54, 1.807) is 17.2 Å². The number of hydrogen-bond donors (Lipinski definition) is 2. The zero-order valence-corrected chi connectivity index (χ0v) is 26.7. The summed E-state index contributed by atoms with van der Waals surface area (Å²) < 4.78 is 3.86. The van der Waals surface area contributed by atoms with Crippen molar-refractivity contribution in [2.75, 3.05) is 36.9 Å². The van der Waals surface area contributed by atoms with Gasteiger partial charge in [0, 0.05) is 61.1 Å². The smallest absolute Gasteiger partial charge is 0.274 e. The monoisotopic (exact) mass is 611 g/mol. The standard InChI is InChI=1S/C35H41N5O3S/c1-21-26-17-35(21,44-32-19-37(2)12-11-25(26)32)36-28-15-23(18-38(3)33(28)42)24-8-6-10-30(27(24)20-41)40-14-13-39-29-9-5-4-7-22(29)16-31(39)34(40)43/h6,8,10,15-16,18,21,26,36,41H,4-5,7,9,11-14,17,19-20H2,1-3H3. The van der Waals surface area contributed by atoms with Crippen molar-refractivity contribution in [3.05, 3.63) is 79.9 Å². The largest absolute Gasteiger partial charge is 0.392 e. The molecular formula is C35H41N5O3S. The Morgan fingerprint density at radius 3 is 2.73 bits per heavy atom. The first-order valence-corrected chi connectivity index (χ1v) is 16.9. The van der Waals surface area contributed by atoms with Crippen LogP contribution in [0.2, 0.25) is 0 Å². The fourth-order valence-electron chi connectivity index (χ4n) is 8.50. The lowest BCUT2D eigenvalue weighted by Crippen LogP contribution is -2.60. The third-order valence-electron chi connectivity index (χ3n) is 11.0. The van der Waals surface area contributed by atoms with Gasteiger partial charge in [0.15, 0.2) is 0 Å². The number of thioether (sulfide) groups is 1. The third-order valence-corrected chi connectivity index (χ3v) is 12.7. The molecular weight excluding hydrogens is 570 g/mol. The summed E-state index contributed by atoms with van der Waals surface area (Å²) in [6.45, 7) is 5.54. The molecule has 1 saturated carbocycles. The van der Waals surface area contributed by atoms with Crippen LogP contribution in [-0.4, -0.2) is 56.6 Å². The zero-order valence-electron chi connectivity index (χ0n) is 25.9. The first-order valence-electron chi connectivity index (χ1n) is 16.1. The lowest BCUT2D eigenvalue weighted by molar-refractivity contribution is 0.0964. The number of pyridine rings is 1. The number of aromatic nitrogens is 2. The number of rotatable bonds is 5. The Bertz CT molecular complexity index is 1790. The molecule has 3 unspecified atom stereocenters. The van der Waals surface area contributed by atoms with E-state index in [-0.39, 0.29) is 22.9 Å². The van der Waals surface area contributed by atoms with E-state index in [0.29, 0.717) is 29.6 Å². The predicted molar refractivity (Wildman–Crippen MR) is 176 cm³/mol. The number of hydrogen-bond acceptors (Lipinski definition) is 6. The van der Waals surface area contributed by atoms with Crippen LogP contribution in [0, 0.1) is 11.8 Å². The van der Waals surface area contributed by atoms with E-state index in [9.17, 15) is 14.7 Å². The van der Waals surface area contributed by atoms with Crippen molar-refractivity contribution < 1.29 is 9.90 Å². The van der Waals surface area contributed by atoms with Crippen molar-refractivity contribution in [2.45, 2.75) is 63.5 Å². The highest BCUT2D eigenvalue weighted by molar-refractivity contribution is 8.04. The lowest BCUT2D eigenvalue weighted by atomic mass is 9.64. The summed E-state index contributed by atoms with van der Waals surface area (Å²) >= 11 is 1.93. The molecule has 8 nitrogen and oxygen atoms in total. The summed E-state index contributed by atoms with van der Waals surface area (Å²) in [4.78, 5) is 32.9. The lowest BCUT2D eigenvalue weighted by Gasteiger charge is -2.60. The average Bonchev–Trinajstić information content (AvgIpc) is 3.42. The summed E-state index contributed by atoms with van der Waals surface area (Å²) in [6, 6.07) is 9.92. The number of anilines is 2. The van der Waals surface area contributed by atoms with E-state index >= 15 is 0 Å². The first kappa shape index (κ1) is 28.2. The molecule has 1 fully saturated rings. The summed E-state index contributed by atoms with van der Waals surface area (Å²) in [7, 11) is 3.97. The number of likely N-dealkylation sites (N-methyl/N-ethyl adjacent to an activating group) is 1. The van der Waals surface area contributed by atoms with Gasteiger partial charge in [-0.05, 0) is 86.7 Å². The Morgan fingerprint density at radius 2 is 1.91 bits per heavy atom. The molecule has 9 heteroatoms. The average molecular weight is 612 g/mol. The Hall–Kier alpha value is -3.27. The second-order valence-electron chi connectivity index (χ2n) is 13.5. The van der Waals surface area contributed by atoms with Crippen LogP contribution < -0.4 is 15.8 Å². The molecule has 2 aromatic heterocycles. The quantitative estimate of drug-likeness (QED) is 0.424. The van der Waals surface area contributed by atoms with Crippen LogP contribution in [-0.2, 0) is 33.0 Å². The van der Waals surface area contributed by atoms with E-state index < -0.39 is 0 Å². The highest BCUT2D eigenvalue weighted by Gasteiger charge is 2.58. The normalized spacial score (nSPS) is 26.2. The summed E-state index contributed by atoms with van der Waals surface area (Å²) in [5, 5.41) is 14.5. The maximum atomic E-state index is 13.9. The molecule has 6 heterocycles. The minimum Gasteiger partial charge on any atom is -0.392 e. The highest BCUT2D eigenvalue weighted by Crippen LogP contribution is 2.63. The fraction of sp³-hybridized carbons (Fsp3) is 0.486. The maximum Gasteiger partial charge on any atom is 0.274 e. The minimum absolute atomic E-state index is 0.00991. The molecule has 3 atom stereocenters. The van der Waals surface area contributed by atoms with Gasteiger partial charge in [0.2, 0.25) is 0 Å². The Morgan fingerprint density at radius 1 is 1.07 bits per heavy atom. The molecule has 44 heavy (non-hydrogen) atoms. The number of aryl methyl sites for hydroxylation is 2. The van der Waals surface area contributed by atoms with Gasteiger partial charge in [-0.25, -0.2) is 0 Å². The van der Waals surface area contributed by atoms with Crippen LogP contribution in [0.5, 0.6) is 0 Å². The number of benzene rings is 1. The van der Waals surface area contributed by atoms with Gasteiger partial charge in [-0.15, -0.1) is 11.8 Å². The van der Waals surface area contributed by atoms with Crippen LogP contribution in [0.3, 0.4) is 0 Å². The number of aliphatic hydroxyl groups excluding tert-OH is 1. The number of carbonyl (C=O) groups is 1. The van der Waals surface area contributed by atoms with Gasteiger partial charge >= 0.3 is 0 Å². The Labute approximate surface area is 262 Å². The van der Waals surface area contributed by atoms with Crippen molar-refractivity contribution in [3.63, 3.8) is 0 Å². The molecule has 0 radical (unpaired) electrons. The summed E-state index contributed by atoms with van der Waals surface area (Å²) in [6.07, 6.45) is 8.46. The van der Waals surface area contributed by atoms with E-state index in [4.69, 9.17) is 0 Å². The maximum absolute atomic E-state index is 13.9. The molecule has 0 saturated heterocycles. The molecule has 0 spiro atoms. The molecule has 6 aliphatic rings. The molecule has 2 aliphatic carbocycles. The van der Waals surface area contributed by atoms with Crippen LogP contribution in [0.15, 0.2) is 51.8 Å². The second-order valence-corrected chi connectivity index (χ2v) is 14.9. The third kappa shape index (κ3) is 4.19. The van der Waals surface area contributed by atoms with E-state index in [1.807, 2.05) is 47.1 Å². The zero-order chi connectivity index (χ0) is 30.3. The molecule has 3 aromatic rings.